The molecule has 0 amide bonds. The molecule has 1 heterocycles. The van der Waals surface area contributed by atoms with Gasteiger partial charge in [0.05, 0.1) is 0 Å². The zero-order valence-corrected chi connectivity index (χ0v) is 19.2. The highest BCUT2D eigenvalue weighted by Crippen LogP contribution is 2.48. The van der Waals surface area contributed by atoms with Crippen molar-refractivity contribution in [2.45, 2.75) is 69.2 Å². The highest BCUT2D eigenvalue weighted by atomic mass is 32.1. The molecule has 0 unspecified atom stereocenters. The Labute approximate surface area is 167 Å². The Morgan fingerprint density at radius 2 is 0.593 bits per heavy atom. The van der Waals surface area contributed by atoms with Gasteiger partial charge in [0.2, 0.25) is 0 Å². The zero-order valence-electron chi connectivity index (χ0n) is 18.4. The number of aryl methyl sites for hydroxylation is 6. The van der Waals surface area contributed by atoms with Crippen molar-refractivity contribution in [1.29, 1.82) is 0 Å². The van der Waals surface area contributed by atoms with E-state index < -0.39 is 0 Å². The molecule has 1 aromatic heterocycles. The summed E-state index contributed by atoms with van der Waals surface area (Å²) in [5, 5.41) is 5.96. The van der Waals surface area contributed by atoms with Gasteiger partial charge in [-0.1, -0.05) is 0 Å². The van der Waals surface area contributed by atoms with Crippen LogP contribution in [-0.4, -0.2) is 0 Å². The molecule has 0 saturated carbocycles. The van der Waals surface area contributed by atoms with Crippen molar-refractivity contribution < 1.29 is 0 Å². The SMILES string of the molecule is Cc1c(C)c(C)c2c(sc3c4c(C)c(C)c(C)c(C)c4c(C)c(C)c32)c1C. The summed E-state index contributed by atoms with van der Waals surface area (Å²) in [5.41, 5.74) is 14.5. The topological polar surface area (TPSA) is 0 Å². The van der Waals surface area contributed by atoms with Crippen LogP contribution in [0.3, 0.4) is 0 Å². The molecule has 0 fully saturated rings. The predicted octanol–water partition coefficient (Wildman–Crippen LogP) is 8.29. The van der Waals surface area contributed by atoms with Crippen LogP contribution in [0.15, 0.2) is 0 Å². The van der Waals surface area contributed by atoms with E-state index in [0.29, 0.717) is 0 Å². The van der Waals surface area contributed by atoms with Crippen molar-refractivity contribution >= 4 is 42.3 Å². The second kappa shape index (κ2) is 5.82. The minimum atomic E-state index is 1.45. The van der Waals surface area contributed by atoms with Crippen LogP contribution in [0.5, 0.6) is 0 Å². The molecule has 0 aliphatic heterocycles. The lowest BCUT2D eigenvalue weighted by Gasteiger charge is -2.19. The maximum atomic E-state index is 2.33. The molecule has 27 heavy (non-hydrogen) atoms. The molecular weight excluding hydrogens is 344 g/mol. The van der Waals surface area contributed by atoms with E-state index in [-0.39, 0.29) is 0 Å². The Morgan fingerprint density at radius 1 is 0.296 bits per heavy atom. The first-order valence-corrected chi connectivity index (χ1v) is 10.7. The van der Waals surface area contributed by atoms with Gasteiger partial charge in [-0.25, -0.2) is 0 Å². The Balaban J connectivity index is 2.47. The summed E-state index contributed by atoms with van der Waals surface area (Å²) >= 11 is 2.02. The summed E-state index contributed by atoms with van der Waals surface area (Å²) in [6, 6.07) is 0. The van der Waals surface area contributed by atoms with E-state index in [1.54, 1.807) is 0 Å². The van der Waals surface area contributed by atoms with Crippen LogP contribution in [0.1, 0.15) is 55.6 Å². The molecule has 3 aromatic carbocycles. The van der Waals surface area contributed by atoms with Crippen molar-refractivity contribution in [2.75, 3.05) is 0 Å². The van der Waals surface area contributed by atoms with Crippen molar-refractivity contribution in [3.05, 3.63) is 55.6 Å². The third kappa shape index (κ3) is 2.15. The van der Waals surface area contributed by atoms with Crippen molar-refractivity contribution in [2.24, 2.45) is 0 Å². The molecule has 0 N–H and O–H groups in total. The van der Waals surface area contributed by atoms with Gasteiger partial charge in [0.25, 0.3) is 0 Å². The third-order valence-corrected chi connectivity index (χ3v) is 8.87. The summed E-state index contributed by atoms with van der Waals surface area (Å²) in [4.78, 5) is 0. The summed E-state index contributed by atoms with van der Waals surface area (Å²) in [7, 11) is 0. The second-order valence-electron chi connectivity index (χ2n) is 8.51. The number of benzene rings is 3. The summed E-state index contributed by atoms with van der Waals surface area (Å²) in [6.07, 6.45) is 0. The van der Waals surface area contributed by atoms with Gasteiger partial charge < -0.3 is 0 Å². The third-order valence-electron chi connectivity index (χ3n) is 7.54. The quantitative estimate of drug-likeness (QED) is 0.290. The van der Waals surface area contributed by atoms with Gasteiger partial charge in [-0.3, -0.25) is 0 Å². The van der Waals surface area contributed by atoms with E-state index in [4.69, 9.17) is 0 Å². The molecular formula is C26H30S. The fraction of sp³-hybridized carbons (Fsp3) is 0.385. The average molecular weight is 375 g/mol. The highest BCUT2D eigenvalue weighted by molar-refractivity contribution is 7.27. The van der Waals surface area contributed by atoms with Gasteiger partial charge in [0.15, 0.2) is 0 Å². The van der Waals surface area contributed by atoms with Gasteiger partial charge in [-0.2, -0.15) is 0 Å². The van der Waals surface area contributed by atoms with Crippen LogP contribution in [0.2, 0.25) is 0 Å². The van der Waals surface area contributed by atoms with Crippen molar-refractivity contribution in [1.82, 2.24) is 0 Å². The fourth-order valence-electron chi connectivity index (χ4n) is 4.95. The zero-order chi connectivity index (χ0) is 19.9. The molecule has 0 atom stereocenters. The van der Waals surface area contributed by atoms with Crippen LogP contribution in [0, 0.1) is 69.2 Å². The lowest BCUT2D eigenvalue weighted by atomic mass is 9.85. The first-order valence-electron chi connectivity index (χ1n) is 9.91. The predicted molar refractivity (Wildman–Crippen MR) is 124 cm³/mol. The average Bonchev–Trinajstić information content (AvgIpc) is 3.04. The van der Waals surface area contributed by atoms with Crippen LogP contribution in [-0.2, 0) is 0 Å². The lowest BCUT2D eigenvalue weighted by molar-refractivity contribution is 1.24. The lowest BCUT2D eigenvalue weighted by Crippen LogP contribution is -1.98. The van der Waals surface area contributed by atoms with Crippen molar-refractivity contribution in [3.8, 4) is 0 Å². The molecule has 0 aliphatic carbocycles. The van der Waals surface area contributed by atoms with Crippen molar-refractivity contribution in [3.63, 3.8) is 0 Å². The molecule has 0 saturated heterocycles. The minimum Gasteiger partial charge on any atom is -0.134 e. The first kappa shape index (κ1) is 18.5. The van der Waals surface area contributed by atoms with E-state index in [9.17, 15) is 0 Å². The normalized spacial score (nSPS) is 12.1. The molecule has 4 aromatic rings. The van der Waals surface area contributed by atoms with E-state index in [0.717, 1.165) is 0 Å². The van der Waals surface area contributed by atoms with Gasteiger partial charge >= 0.3 is 0 Å². The molecule has 140 valence electrons. The van der Waals surface area contributed by atoms with E-state index in [2.05, 4.69) is 69.2 Å². The molecule has 4 rings (SSSR count). The monoisotopic (exact) mass is 374 g/mol. The van der Waals surface area contributed by atoms with Gasteiger partial charge in [0, 0.05) is 25.6 Å². The Bertz CT molecular complexity index is 1300. The molecule has 0 aliphatic rings. The number of hydrogen-bond acceptors (Lipinski definition) is 1. The van der Waals surface area contributed by atoms with E-state index >= 15 is 0 Å². The Kier molecular flexibility index (Phi) is 3.99. The smallest absolute Gasteiger partial charge is 0.0439 e. The van der Waals surface area contributed by atoms with Crippen LogP contribution in [0.4, 0.5) is 0 Å². The summed E-state index contributed by atoms with van der Waals surface area (Å²) in [6.45, 7) is 23.0. The fourth-order valence-corrected chi connectivity index (χ4v) is 6.53. The van der Waals surface area contributed by atoms with E-state index in [1.165, 1.54) is 86.6 Å². The first-order chi connectivity index (χ1) is 12.6. The van der Waals surface area contributed by atoms with Crippen LogP contribution >= 0.6 is 11.3 Å². The maximum absolute atomic E-state index is 2.33. The molecule has 1 heteroatoms. The minimum absolute atomic E-state index is 1.45. The molecule has 0 spiro atoms. The Hall–Kier alpha value is -1.86. The maximum Gasteiger partial charge on any atom is 0.0439 e. The van der Waals surface area contributed by atoms with Gasteiger partial charge in [-0.15, -0.1) is 11.3 Å². The summed E-state index contributed by atoms with van der Waals surface area (Å²) < 4.78 is 2.97. The number of thiophene rings is 1. The number of hydrogen-bond donors (Lipinski definition) is 0. The largest absolute Gasteiger partial charge is 0.134 e. The molecule has 0 nitrogen and oxygen atoms in total. The number of fused-ring (bicyclic) bond motifs is 5. The standard InChI is InChI=1S/C26H30S/c1-11-12(2)16(6)22-21(15(11)5)18(8)19(9)24-23-17(7)13(3)14(4)20(10)25(23)27-26(22)24/h1-10H3. The van der Waals surface area contributed by atoms with Gasteiger partial charge in [0.1, 0.15) is 0 Å². The van der Waals surface area contributed by atoms with Crippen LogP contribution < -0.4 is 0 Å². The van der Waals surface area contributed by atoms with Gasteiger partial charge in [-0.05, 0) is 130 Å². The van der Waals surface area contributed by atoms with Crippen LogP contribution in [0.25, 0.3) is 30.9 Å². The Morgan fingerprint density at radius 3 is 1.11 bits per heavy atom. The second-order valence-corrected chi connectivity index (χ2v) is 9.53. The van der Waals surface area contributed by atoms with E-state index in [1.807, 2.05) is 11.3 Å². The number of rotatable bonds is 0. The highest BCUT2D eigenvalue weighted by Gasteiger charge is 2.22. The molecule has 0 bridgehead atoms. The molecule has 0 radical (unpaired) electrons. The summed E-state index contributed by atoms with van der Waals surface area (Å²) in [5.74, 6) is 0.